The molecule has 6 heteroatoms. The fourth-order valence-corrected chi connectivity index (χ4v) is 4.42. The van der Waals surface area contributed by atoms with E-state index < -0.39 is 0 Å². The smallest absolute Gasteiger partial charge is 0.226 e. The maximum Gasteiger partial charge on any atom is 0.226 e. The van der Waals surface area contributed by atoms with Crippen molar-refractivity contribution >= 4 is 17.2 Å². The number of carbonyl (C=O) groups excluding carboxylic acids is 1. The molecule has 0 bridgehead atoms. The minimum atomic E-state index is -0.0162. The number of aryl methyl sites for hydroxylation is 1. The summed E-state index contributed by atoms with van der Waals surface area (Å²) in [5.41, 5.74) is 4.18. The molecule has 1 N–H and O–H groups in total. The number of fused-ring (bicyclic) bond motifs is 1. The molecule has 1 aliphatic rings. The number of carbonyl (C=O) groups is 1. The minimum Gasteiger partial charge on any atom is -0.493 e. The zero-order valence-corrected chi connectivity index (χ0v) is 16.7. The Morgan fingerprint density at radius 3 is 2.68 bits per heavy atom. The van der Waals surface area contributed by atoms with Crippen LogP contribution in [0.5, 0.6) is 11.5 Å². The van der Waals surface area contributed by atoms with Gasteiger partial charge in [0.2, 0.25) is 5.91 Å². The maximum atomic E-state index is 12.6. The third-order valence-corrected chi connectivity index (χ3v) is 5.91. The van der Waals surface area contributed by atoms with Gasteiger partial charge in [-0.3, -0.25) is 4.79 Å². The zero-order valence-electron chi connectivity index (χ0n) is 15.9. The Balaban J connectivity index is 1.44. The van der Waals surface area contributed by atoms with Crippen molar-refractivity contribution in [1.29, 1.82) is 0 Å². The van der Waals surface area contributed by atoms with Crippen molar-refractivity contribution in [3.05, 3.63) is 64.7 Å². The first-order valence-electron chi connectivity index (χ1n) is 9.22. The molecule has 3 aromatic rings. The van der Waals surface area contributed by atoms with Crippen molar-refractivity contribution in [1.82, 2.24) is 10.3 Å². The van der Waals surface area contributed by atoms with Crippen LogP contribution in [0.1, 0.15) is 29.3 Å². The van der Waals surface area contributed by atoms with Crippen LogP contribution in [0.2, 0.25) is 0 Å². The molecule has 144 valence electrons. The molecule has 4 rings (SSSR count). The fourth-order valence-electron chi connectivity index (χ4n) is 3.59. The lowest BCUT2D eigenvalue weighted by Gasteiger charge is -2.16. The molecular weight excluding hydrogens is 372 g/mol. The van der Waals surface area contributed by atoms with Gasteiger partial charge in [-0.2, -0.15) is 0 Å². The van der Waals surface area contributed by atoms with Gasteiger partial charge >= 0.3 is 0 Å². The molecule has 2 aromatic carbocycles. The zero-order chi connectivity index (χ0) is 19.5. The van der Waals surface area contributed by atoms with Crippen molar-refractivity contribution in [3.63, 3.8) is 0 Å². The van der Waals surface area contributed by atoms with Crippen molar-refractivity contribution in [2.45, 2.75) is 25.3 Å². The van der Waals surface area contributed by atoms with Crippen molar-refractivity contribution in [3.8, 4) is 22.1 Å². The molecule has 1 amide bonds. The van der Waals surface area contributed by atoms with Gasteiger partial charge in [0.25, 0.3) is 0 Å². The van der Waals surface area contributed by atoms with Crippen LogP contribution in [-0.2, 0) is 17.6 Å². The Kier molecular flexibility index (Phi) is 5.30. The second kappa shape index (κ2) is 8.02. The molecule has 0 radical (unpaired) electrons. The van der Waals surface area contributed by atoms with E-state index in [2.05, 4.69) is 10.3 Å². The number of nitrogens with zero attached hydrogens (tertiary/aromatic N) is 1. The van der Waals surface area contributed by atoms with Crippen LogP contribution in [0, 0.1) is 0 Å². The Labute approximate surface area is 168 Å². The first-order chi connectivity index (χ1) is 13.7. The molecule has 1 heterocycles. The molecule has 0 saturated carbocycles. The van der Waals surface area contributed by atoms with Crippen LogP contribution in [0.3, 0.4) is 0 Å². The number of rotatable bonds is 6. The molecule has 0 fully saturated rings. The highest BCUT2D eigenvalue weighted by molar-refractivity contribution is 7.13. The second-order valence-electron chi connectivity index (χ2n) is 6.75. The number of hydrogen-bond donors (Lipinski definition) is 1. The molecular formula is C22H22N2O3S. The van der Waals surface area contributed by atoms with Crippen LogP contribution < -0.4 is 14.8 Å². The van der Waals surface area contributed by atoms with Crippen LogP contribution in [0.25, 0.3) is 10.6 Å². The average Bonchev–Trinajstić information content (AvgIpc) is 3.34. The molecule has 0 aliphatic heterocycles. The highest BCUT2D eigenvalue weighted by Crippen LogP contribution is 2.39. The highest BCUT2D eigenvalue weighted by Gasteiger charge is 2.26. The molecule has 0 spiro atoms. The number of thiazole rings is 1. The molecule has 1 aromatic heterocycles. The summed E-state index contributed by atoms with van der Waals surface area (Å²) >= 11 is 1.56. The van der Waals surface area contributed by atoms with Gasteiger partial charge in [-0.25, -0.2) is 4.98 Å². The SMILES string of the molecule is COc1cc2c(cc1OC)[C@@H](NC(=O)Cc1csc(-c3ccccc3)n1)CC2. The van der Waals surface area contributed by atoms with Gasteiger partial charge in [0.05, 0.1) is 32.4 Å². The highest BCUT2D eigenvalue weighted by atomic mass is 32.1. The number of hydrogen-bond acceptors (Lipinski definition) is 5. The first kappa shape index (κ1) is 18.5. The molecule has 0 unspecified atom stereocenters. The Morgan fingerprint density at radius 2 is 1.93 bits per heavy atom. The average molecular weight is 394 g/mol. The van der Waals surface area contributed by atoms with E-state index in [4.69, 9.17) is 9.47 Å². The van der Waals surface area contributed by atoms with E-state index in [-0.39, 0.29) is 18.4 Å². The van der Waals surface area contributed by atoms with Gasteiger partial charge in [0.1, 0.15) is 5.01 Å². The lowest BCUT2D eigenvalue weighted by molar-refractivity contribution is -0.121. The van der Waals surface area contributed by atoms with E-state index in [9.17, 15) is 4.79 Å². The number of aromatic nitrogens is 1. The van der Waals surface area contributed by atoms with Crippen LogP contribution in [0.4, 0.5) is 0 Å². The third kappa shape index (κ3) is 3.73. The van der Waals surface area contributed by atoms with Crippen LogP contribution >= 0.6 is 11.3 Å². The maximum absolute atomic E-state index is 12.6. The summed E-state index contributed by atoms with van der Waals surface area (Å²) in [4.78, 5) is 17.2. The van der Waals surface area contributed by atoms with Crippen molar-refractivity contribution in [2.75, 3.05) is 14.2 Å². The van der Waals surface area contributed by atoms with E-state index in [1.807, 2.05) is 47.8 Å². The van der Waals surface area contributed by atoms with E-state index in [1.165, 1.54) is 5.56 Å². The summed E-state index contributed by atoms with van der Waals surface area (Å²) in [5.74, 6) is 1.40. The number of methoxy groups -OCH3 is 2. The number of benzene rings is 2. The number of amides is 1. The van der Waals surface area contributed by atoms with Gasteiger partial charge in [-0.05, 0) is 36.1 Å². The standard InChI is InChI=1S/C22H22N2O3S/c1-26-19-10-15-8-9-18(17(15)12-20(19)27-2)24-21(25)11-16-13-28-22(23-16)14-6-4-3-5-7-14/h3-7,10,12-13,18H,8-9,11H2,1-2H3,(H,24,25)/t18-/m0/s1. The molecule has 1 aliphatic carbocycles. The van der Waals surface area contributed by atoms with E-state index in [1.54, 1.807) is 25.6 Å². The van der Waals surface area contributed by atoms with Gasteiger partial charge in [0, 0.05) is 10.9 Å². The van der Waals surface area contributed by atoms with Gasteiger partial charge in [0.15, 0.2) is 11.5 Å². The normalized spacial score (nSPS) is 15.1. The van der Waals surface area contributed by atoms with E-state index >= 15 is 0 Å². The Hall–Kier alpha value is -2.86. The largest absolute Gasteiger partial charge is 0.493 e. The fraction of sp³-hybridized carbons (Fsp3) is 0.273. The summed E-state index contributed by atoms with van der Waals surface area (Å²) in [7, 11) is 3.26. The molecule has 28 heavy (non-hydrogen) atoms. The summed E-state index contributed by atoms with van der Waals surface area (Å²) in [6.07, 6.45) is 2.07. The Bertz CT molecular complexity index is 985. The number of nitrogens with one attached hydrogen (secondary N) is 1. The second-order valence-corrected chi connectivity index (χ2v) is 7.61. The topological polar surface area (TPSA) is 60.5 Å². The molecule has 0 saturated heterocycles. The monoisotopic (exact) mass is 394 g/mol. The summed E-state index contributed by atoms with van der Waals surface area (Å²) < 4.78 is 10.8. The van der Waals surface area contributed by atoms with Gasteiger partial charge in [-0.1, -0.05) is 30.3 Å². The van der Waals surface area contributed by atoms with Crippen LogP contribution in [-0.4, -0.2) is 25.1 Å². The minimum absolute atomic E-state index is 0.00506. The Morgan fingerprint density at radius 1 is 1.18 bits per heavy atom. The lowest BCUT2D eigenvalue weighted by atomic mass is 10.1. The van der Waals surface area contributed by atoms with E-state index in [0.717, 1.165) is 40.4 Å². The molecule has 5 nitrogen and oxygen atoms in total. The predicted octanol–water partition coefficient (Wildman–Crippen LogP) is 4.17. The van der Waals surface area contributed by atoms with Crippen LogP contribution in [0.15, 0.2) is 47.8 Å². The summed E-state index contributed by atoms with van der Waals surface area (Å²) in [6.45, 7) is 0. The van der Waals surface area contributed by atoms with Gasteiger partial charge < -0.3 is 14.8 Å². The van der Waals surface area contributed by atoms with E-state index in [0.29, 0.717) is 5.75 Å². The quantitative estimate of drug-likeness (QED) is 0.682. The lowest BCUT2D eigenvalue weighted by Crippen LogP contribution is -2.28. The summed E-state index contributed by atoms with van der Waals surface area (Å²) in [5, 5.41) is 6.04. The summed E-state index contributed by atoms with van der Waals surface area (Å²) in [6, 6.07) is 14.0. The third-order valence-electron chi connectivity index (χ3n) is 4.97. The van der Waals surface area contributed by atoms with Crippen molar-refractivity contribution < 1.29 is 14.3 Å². The number of ether oxygens (including phenoxy) is 2. The predicted molar refractivity (Wildman–Crippen MR) is 110 cm³/mol. The first-order valence-corrected chi connectivity index (χ1v) is 10.1. The molecule has 1 atom stereocenters. The van der Waals surface area contributed by atoms with Crippen molar-refractivity contribution in [2.24, 2.45) is 0 Å². The van der Waals surface area contributed by atoms with Gasteiger partial charge in [-0.15, -0.1) is 11.3 Å².